The van der Waals surface area contributed by atoms with E-state index in [1.807, 2.05) is 20.8 Å². The van der Waals surface area contributed by atoms with Gasteiger partial charge in [-0.15, -0.1) is 0 Å². The molecule has 3 rings (SSSR count). The van der Waals surface area contributed by atoms with Crippen LogP contribution in [0.5, 0.6) is 0 Å². The fourth-order valence-corrected chi connectivity index (χ4v) is 3.01. The third-order valence-electron chi connectivity index (χ3n) is 4.29. The summed E-state index contributed by atoms with van der Waals surface area (Å²) >= 11 is 0. The Labute approximate surface area is 131 Å². The van der Waals surface area contributed by atoms with Crippen LogP contribution in [0.15, 0.2) is 30.5 Å². The molecule has 2 aromatic rings. The van der Waals surface area contributed by atoms with Gasteiger partial charge in [0.15, 0.2) is 0 Å². The van der Waals surface area contributed by atoms with E-state index in [1.165, 1.54) is 16.5 Å². The van der Waals surface area contributed by atoms with Crippen molar-refractivity contribution in [2.75, 3.05) is 6.54 Å². The molecule has 1 amide bonds. The van der Waals surface area contributed by atoms with Gasteiger partial charge in [0.2, 0.25) is 0 Å². The molecule has 1 N–H and O–H groups in total. The quantitative estimate of drug-likeness (QED) is 0.938. The minimum Gasteiger partial charge on any atom is -0.444 e. The molecule has 1 fully saturated rings. The van der Waals surface area contributed by atoms with Crippen LogP contribution in [-0.4, -0.2) is 22.8 Å². The number of carbonyl (C=O) groups excluding carboxylic acids is 1. The number of hydrogen-bond acceptors (Lipinski definition) is 2. The number of fused-ring (bicyclic) bond motifs is 1. The number of alkyl carbamates (subject to hydrolysis) is 1. The first kappa shape index (κ1) is 14.9. The van der Waals surface area contributed by atoms with Crippen LogP contribution < -0.4 is 5.32 Å². The molecular weight excluding hydrogens is 276 g/mol. The van der Waals surface area contributed by atoms with Crippen LogP contribution in [0, 0.1) is 0 Å². The van der Waals surface area contributed by atoms with Crippen molar-refractivity contribution in [3.8, 4) is 0 Å². The first-order valence-electron chi connectivity index (χ1n) is 7.82. The fourth-order valence-electron chi connectivity index (χ4n) is 3.01. The van der Waals surface area contributed by atoms with Crippen molar-refractivity contribution in [3.05, 3.63) is 36.0 Å². The molecule has 0 saturated heterocycles. The molecule has 1 aliphatic rings. The molecule has 0 radical (unpaired) electrons. The molecule has 0 atom stereocenters. The number of ether oxygens (including phenoxy) is 1. The van der Waals surface area contributed by atoms with E-state index >= 15 is 0 Å². The lowest BCUT2D eigenvalue weighted by atomic mass is 9.95. The zero-order chi connectivity index (χ0) is 16.0. The number of aryl methyl sites for hydroxylation is 1. The van der Waals surface area contributed by atoms with Crippen molar-refractivity contribution < 1.29 is 9.53 Å². The second kappa shape index (κ2) is 5.04. The summed E-state index contributed by atoms with van der Waals surface area (Å²) in [4.78, 5) is 11.9. The number of amides is 1. The van der Waals surface area contributed by atoms with Crippen molar-refractivity contribution in [1.82, 2.24) is 9.88 Å². The van der Waals surface area contributed by atoms with Gasteiger partial charge in [0.05, 0.1) is 0 Å². The molecule has 1 saturated carbocycles. The Bertz CT molecular complexity index is 705. The molecule has 0 unspecified atom stereocenters. The van der Waals surface area contributed by atoms with Crippen molar-refractivity contribution in [2.24, 2.45) is 7.05 Å². The number of rotatable bonds is 3. The number of nitrogens with one attached hydrogen (secondary N) is 1. The molecule has 1 aliphatic carbocycles. The van der Waals surface area contributed by atoms with E-state index in [2.05, 4.69) is 47.4 Å². The van der Waals surface area contributed by atoms with E-state index in [-0.39, 0.29) is 11.5 Å². The minimum atomic E-state index is -0.458. The van der Waals surface area contributed by atoms with Crippen LogP contribution in [0.4, 0.5) is 4.79 Å². The summed E-state index contributed by atoms with van der Waals surface area (Å²) in [7, 11) is 2.07. The van der Waals surface area contributed by atoms with E-state index in [0.717, 1.165) is 12.8 Å². The van der Waals surface area contributed by atoms with Crippen LogP contribution in [0.3, 0.4) is 0 Å². The highest BCUT2D eigenvalue weighted by Crippen LogP contribution is 2.50. The van der Waals surface area contributed by atoms with E-state index < -0.39 is 5.60 Å². The largest absolute Gasteiger partial charge is 0.444 e. The van der Waals surface area contributed by atoms with Crippen molar-refractivity contribution >= 4 is 17.0 Å². The molecule has 0 bridgehead atoms. The predicted octanol–water partition coefficient (Wildman–Crippen LogP) is 3.73. The average molecular weight is 300 g/mol. The zero-order valence-corrected chi connectivity index (χ0v) is 13.8. The topological polar surface area (TPSA) is 43.3 Å². The van der Waals surface area contributed by atoms with Gasteiger partial charge < -0.3 is 14.6 Å². The zero-order valence-electron chi connectivity index (χ0n) is 13.8. The van der Waals surface area contributed by atoms with Crippen LogP contribution in [0.2, 0.25) is 0 Å². The summed E-state index contributed by atoms with van der Waals surface area (Å²) in [5, 5.41) is 4.23. The van der Waals surface area contributed by atoms with Crippen molar-refractivity contribution in [1.29, 1.82) is 0 Å². The Hall–Kier alpha value is -1.97. The van der Waals surface area contributed by atoms with Crippen molar-refractivity contribution in [3.63, 3.8) is 0 Å². The van der Waals surface area contributed by atoms with E-state index in [4.69, 9.17) is 4.74 Å². The lowest BCUT2D eigenvalue weighted by Gasteiger charge is -2.21. The Morgan fingerprint density at radius 2 is 2.00 bits per heavy atom. The number of para-hydroxylation sites is 1. The molecule has 1 heterocycles. The summed E-state index contributed by atoms with van der Waals surface area (Å²) in [6, 6.07) is 8.43. The lowest BCUT2D eigenvalue weighted by molar-refractivity contribution is 0.0522. The summed E-state index contributed by atoms with van der Waals surface area (Å²) < 4.78 is 7.50. The standard InChI is InChI=1S/C18H24N2O2/c1-17(2,3)22-16(21)19-12-18(9-10-18)14-11-20(4)15-8-6-5-7-13(14)15/h5-8,11H,9-10,12H2,1-4H3,(H,19,21). The number of hydrogen-bond donors (Lipinski definition) is 1. The number of benzene rings is 1. The highest BCUT2D eigenvalue weighted by atomic mass is 16.6. The maximum absolute atomic E-state index is 11.9. The van der Waals surface area contributed by atoms with Crippen LogP contribution in [0.25, 0.3) is 10.9 Å². The molecule has 4 nitrogen and oxygen atoms in total. The first-order chi connectivity index (χ1) is 10.3. The monoisotopic (exact) mass is 300 g/mol. The van der Waals surface area contributed by atoms with Gasteiger partial charge in [-0.1, -0.05) is 18.2 Å². The van der Waals surface area contributed by atoms with Gasteiger partial charge in [-0.2, -0.15) is 0 Å². The lowest BCUT2D eigenvalue weighted by Crippen LogP contribution is -2.36. The van der Waals surface area contributed by atoms with E-state index in [0.29, 0.717) is 6.54 Å². The van der Waals surface area contributed by atoms with Crippen LogP contribution >= 0.6 is 0 Å². The fraction of sp³-hybridized carbons (Fsp3) is 0.500. The summed E-state index contributed by atoms with van der Waals surface area (Å²) in [6.07, 6.45) is 4.08. The Morgan fingerprint density at radius 3 is 2.64 bits per heavy atom. The van der Waals surface area contributed by atoms with Gasteiger partial charge in [-0.25, -0.2) is 4.79 Å². The average Bonchev–Trinajstić information content (AvgIpc) is 3.15. The third-order valence-corrected chi connectivity index (χ3v) is 4.29. The minimum absolute atomic E-state index is 0.0672. The SMILES string of the molecule is Cn1cc(C2(CNC(=O)OC(C)(C)C)CC2)c2ccccc21. The maximum Gasteiger partial charge on any atom is 0.407 e. The van der Waals surface area contributed by atoms with Crippen molar-refractivity contribution in [2.45, 2.75) is 44.6 Å². The van der Waals surface area contributed by atoms with Crippen LogP contribution in [-0.2, 0) is 17.2 Å². The third kappa shape index (κ3) is 2.82. The van der Waals surface area contributed by atoms with Gasteiger partial charge in [0, 0.05) is 36.1 Å². The molecule has 0 spiro atoms. The summed E-state index contributed by atoms with van der Waals surface area (Å²) in [6.45, 7) is 6.27. The second-order valence-corrected chi connectivity index (χ2v) is 7.31. The number of aromatic nitrogens is 1. The molecule has 22 heavy (non-hydrogen) atoms. The molecule has 1 aromatic heterocycles. The van der Waals surface area contributed by atoms with Gasteiger partial charge in [-0.3, -0.25) is 0 Å². The number of carbonyl (C=O) groups is 1. The first-order valence-corrected chi connectivity index (χ1v) is 7.82. The molecule has 1 aromatic carbocycles. The smallest absolute Gasteiger partial charge is 0.407 e. The van der Waals surface area contributed by atoms with Gasteiger partial charge >= 0.3 is 6.09 Å². The maximum atomic E-state index is 11.9. The summed E-state index contributed by atoms with van der Waals surface area (Å²) in [5.41, 5.74) is 2.18. The highest BCUT2D eigenvalue weighted by Gasteiger charge is 2.46. The summed E-state index contributed by atoms with van der Waals surface area (Å²) in [5.74, 6) is 0. The van der Waals surface area contributed by atoms with Crippen LogP contribution in [0.1, 0.15) is 39.2 Å². The second-order valence-electron chi connectivity index (χ2n) is 7.31. The highest BCUT2D eigenvalue weighted by molar-refractivity contribution is 5.85. The van der Waals surface area contributed by atoms with Gasteiger partial charge in [0.25, 0.3) is 0 Å². The van der Waals surface area contributed by atoms with Gasteiger partial charge in [0.1, 0.15) is 5.60 Å². The Kier molecular flexibility index (Phi) is 3.42. The Balaban J connectivity index is 1.77. The molecule has 118 valence electrons. The molecule has 0 aliphatic heterocycles. The van der Waals surface area contributed by atoms with Gasteiger partial charge in [-0.05, 0) is 45.2 Å². The Morgan fingerprint density at radius 1 is 1.32 bits per heavy atom. The van der Waals surface area contributed by atoms with E-state index in [1.54, 1.807) is 0 Å². The predicted molar refractivity (Wildman–Crippen MR) is 88.1 cm³/mol. The number of nitrogens with zero attached hydrogens (tertiary/aromatic N) is 1. The van der Waals surface area contributed by atoms with E-state index in [9.17, 15) is 4.79 Å². The molecule has 4 heteroatoms. The normalized spacial score (nSPS) is 16.5. The molecular formula is C18H24N2O2.